The third kappa shape index (κ3) is 2.73. The van der Waals surface area contributed by atoms with Crippen molar-refractivity contribution >= 4 is 6.03 Å². The van der Waals surface area contributed by atoms with Crippen LogP contribution >= 0.6 is 0 Å². The molecule has 1 atom stereocenters. The highest BCUT2D eigenvalue weighted by molar-refractivity contribution is 5.74. The van der Waals surface area contributed by atoms with Gasteiger partial charge in [-0.2, -0.15) is 0 Å². The summed E-state index contributed by atoms with van der Waals surface area (Å²) in [7, 11) is 0. The van der Waals surface area contributed by atoms with Gasteiger partial charge in [-0.1, -0.05) is 0 Å². The maximum absolute atomic E-state index is 12.1. The number of urea groups is 1. The molecule has 3 fully saturated rings. The number of carbonyl (C=O) groups excluding carboxylic acids is 1. The summed E-state index contributed by atoms with van der Waals surface area (Å²) in [6.07, 6.45) is 6.56. The molecule has 0 radical (unpaired) electrons. The molecule has 4 nitrogen and oxygen atoms in total. The van der Waals surface area contributed by atoms with Gasteiger partial charge < -0.3 is 15.3 Å². The minimum atomic E-state index is -0.324. The van der Waals surface area contributed by atoms with Crippen LogP contribution in [-0.2, 0) is 0 Å². The monoisotopic (exact) mass is 238 g/mol. The van der Waals surface area contributed by atoms with E-state index in [0.717, 1.165) is 31.2 Å². The number of rotatable bonds is 3. The Balaban J connectivity index is 1.54. The number of β-amino-alcohol motifs (C(OH)–C–C–N with tert-alkyl or cyclic N) is 1. The zero-order valence-electron chi connectivity index (χ0n) is 10.3. The van der Waals surface area contributed by atoms with Crippen LogP contribution in [0, 0.1) is 11.8 Å². The Morgan fingerprint density at radius 2 is 1.82 bits per heavy atom. The highest BCUT2D eigenvalue weighted by Crippen LogP contribution is 2.44. The maximum atomic E-state index is 12.1. The van der Waals surface area contributed by atoms with Crippen LogP contribution in [0.4, 0.5) is 4.79 Å². The average Bonchev–Trinajstić information content (AvgIpc) is 3.16. The summed E-state index contributed by atoms with van der Waals surface area (Å²) in [5.74, 6) is 1.47. The van der Waals surface area contributed by atoms with E-state index < -0.39 is 0 Å². The molecular formula is C13H22N2O2. The molecule has 0 aromatic carbocycles. The van der Waals surface area contributed by atoms with Crippen LogP contribution in [0.1, 0.15) is 38.5 Å². The molecule has 1 aliphatic heterocycles. The quantitative estimate of drug-likeness (QED) is 0.779. The lowest BCUT2D eigenvalue weighted by molar-refractivity contribution is 0.0827. The Bertz CT molecular complexity index is 288. The fourth-order valence-electron chi connectivity index (χ4n) is 2.90. The Morgan fingerprint density at radius 1 is 1.18 bits per heavy atom. The average molecular weight is 238 g/mol. The number of hydrogen-bond donors (Lipinski definition) is 2. The number of piperidine rings is 1. The molecule has 96 valence electrons. The standard InChI is InChI=1S/C13H22N2O2/c16-11-2-1-7-15(8-11)13(17)14-12(9-3-4-9)10-5-6-10/h9-12,16H,1-8H2,(H,14,17). The molecule has 1 heterocycles. The van der Waals surface area contributed by atoms with Crippen LogP contribution in [0.25, 0.3) is 0 Å². The first-order chi connectivity index (χ1) is 8.24. The SMILES string of the molecule is O=C(NC(C1CC1)C1CC1)N1CCCC(O)C1. The molecule has 2 aliphatic carbocycles. The van der Waals surface area contributed by atoms with Gasteiger partial charge in [-0.05, 0) is 50.4 Å². The third-order valence-corrected chi connectivity index (χ3v) is 4.23. The van der Waals surface area contributed by atoms with Gasteiger partial charge in [0.2, 0.25) is 0 Å². The first-order valence-electron chi connectivity index (χ1n) is 6.97. The molecule has 2 saturated carbocycles. The lowest BCUT2D eigenvalue weighted by Crippen LogP contribution is -2.50. The normalized spacial score (nSPS) is 29.5. The number of carbonyl (C=O) groups is 1. The second-order valence-corrected chi connectivity index (χ2v) is 5.89. The predicted octanol–water partition coefficient (Wildman–Crippen LogP) is 1.34. The summed E-state index contributed by atoms with van der Waals surface area (Å²) in [5.41, 5.74) is 0. The highest BCUT2D eigenvalue weighted by atomic mass is 16.3. The molecule has 1 saturated heterocycles. The number of nitrogens with zero attached hydrogens (tertiary/aromatic N) is 1. The molecule has 3 aliphatic rings. The van der Waals surface area contributed by atoms with Crippen molar-refractivity contribution in [2.24, 2.45) is 11.8 Å². The van der Waals surface area contributed by atoms with E-state index >= 15 is 0 Å². The largest absolute Gasteiger partial charge is 0.391 e. The van der Waals surface area contributed by atoms with Gasteiger partial charge in [0.15, 0.2) is 0 Å². The molecule has 0 bridgehead atoms. The molecule has 2 N–H and O–H groups in total. The number of hydrogen-bond acceptors (Lipinski definition) is 2. The number of likely N-dealkylation sites (tertiary alicyclic amines) is 1. The van der Waals surface area contributed by atoms with Gasteiger partial charge in [-0.3, -0.25) is 0 Å². The summed E-state index contributed by atoms with van der Waals surface area (Å²) in [6.45, 7) is 1.30. The number of aliphatic hydroxyl groups is 1. The van der Waals surface area contributed by atoms with Gasteiger partial charge in [0.1, 0.15) is 0 Å². The second-order valence-electron chi connectivity index (χ2n) is 5.89. The van der Waals surface area contributed by atoms with Crippen molar-refractivity contribution in [3.8, 4) is 0 Å². The van der Waals surface area contributed by atoms with Crippen LogP contribution in [0.3, 0.4) is 0 Å². The van der Waals surface area contributed by atoms with Crippen LogP contribution in [0.15, 0.2) is 0 Å². The summed E-state index contributed by atoms with van der Waals surface area (Å²) >= 11 is 0. The van der Waals surface area contributed by atoms with E-state index in [9.17, 15) is 9.90 Å². The van der Waals surface area contributed by atoms with E-state index in [-0.39, 0.29) is 12.1 Å². The summed E-state index contributed by atoms with van der Waals surface area (Å²) < 4.78 is 0. The van der Waals surface area contributed by atoms with Crippen LogP contribution in [-0.4, -0.2) is 41.3 Å². The molecular weight excluding hydrogens is 216 g/mol. The Morgan fingerprint density at radius 3 is 2.35 bits per heavy atom. The second kappa shape index (κ2) is 4.48. The molecule has 1 unspecified atom stereocenters. The molecule has 2 amide bonds. The van der Waals surface area contributed by atoms with Crippen molar-refractivity contribution in [3.05, 3.63) is 0 Å². The van der Waals surface area contributed by atoms with E-state index in [1.807, 2.05) is 0 Å². The van der Waals surface area contributed by atoms with Gasteiger partial charge in [0.05, 0.1) is 6.10 Å². The maximum Gasteiger partial charge on any atom is 0.317 e. The van der Waals surface area contributed by atoms with Gasteiger partial charge in [0.25, 0.3) is 0 Å². The van der Waals surface area contributed by atoms with Crippen LogP contribution in [0.5, 0.6) is 0 Å². The minimum Gasteiger partial charge on any atom is -0.391 e. The summed E-state index contributed by atoms with van der Waals surface area (Å²) in [5, 5.41) is 12.8. The van der Waals surface area contributed by atoms with E-state index in [4.69, 9.17) is 0 Å². The van der Waals surface area contributed by atoms with Gasteiger partial charge in [0, 0.05) is 19.1 Å². The molecule has 0 aromatic rings. The smallest absolute Gasteiger partial charge is 0.317 e. The van der Waals surface area contributed by atoms with Crippen LogP contribution in [0.2, 0.25) is 0 Å². The van der Waals surface area contributed by atoms with Crippen molar-refractivity contribution < 1.29 is 9.90 Å². The fourth-order valence-corrected chi connectivity index (χ4v) is 2.90. The number of aliphatic hydroxyl groups excluding tert-OH is 1. The fraction of sp³-hybridized carbons (Fsp3) is 0.923. The topological polar surface area (TPSA) is 52.6 Å². The molecule has 17 heavy (non-hydrogen) atoms. The van der Waals surface area contributed by atoms with E-state index in [1.54, 1.807) is 4.90 Å². The van der Waals surface area contributed by atoms with Gasteiger partial charge >= 0.3 is 6.03 Å². The van der Waals surface area contributed by atoms with E-state index in [2.05, 4.69) is 5.32 Å². The zero-order chi connectivity index (χ0) is 11.8. The summed E-state index contributed by atoms with van der Waals surface area (Å²) in [6, 6.07) is 0.467. The van der Waals surface area contributed by atoms with E-state index in [0.29, 0.717) is 12.6 Å². The first-order valence-corrected chi connectivity index (χ1v) is 6.97. The van der Waals surface area contributed by atoms with Crippen molar-refractivity contribution in [3.63, 3.8) is 0 Å². The Kier molecular flexibility index (Phi) is 2.99. The van der Waals surface area contributed by atoms with E-state index in [1.165, 1.54) is 25.7 Å². The Labute approximate surface area is 102 Å². The lowest BCUT2D eigenvalue weighted by Gasteiger charge is -2.32. The molecule has 0 spiro atoms. The van der Waals surface area contributed by atoms with Crippen molar-refractivity contribution in [1.29, 1.82) is 0 Å². The first kappa shape index (κ1) is 11.3. The predicted molar refractivity (Wildman–Crippen MR) is 64.6 cm³/mol. The lowest BCUT2D eigenvalue weighted by atomic mass is 10.1. The van der Waals surface area contributed by atoms with Crippen molar-refractivity contribution in [2.75, 3.05) is 13.1 Å². The molecule has 3 rings (SSSR count). The van der Waals surface area contributed by atoms with Gasteiger partial charge in [-0.15, -0.1) is 0 Å². The van der Waals surface area contributed by atoms with Crippen LogP contribution < -0.4 is 5.32 Å². The molecule has 0 aromatic heterocycles. The van der Waals surface area contributed by atoms with Crippen molar-refractivity contribution in [2.45, 2.75) is 50.7 Å². The highest BCUT2D eigenvalue weighted by Gasteiger charge is 2.42. The molecule has 4 heteroatoms. The minimum absolute atomic E-state index is 0.0487. The third-order valence-electron chi connectivity index (χ3n) is 4.23. The van der Waals surface area contributed by atoms with Crippen molar-refractivity contribution in [1.82, 2.24) is 10.2 Å². The summed E-state index contributed by atoms with van der Waals surface area (Å²) in [4.78, 5) is 13.9. The Hall–Kier alpha value is -0.770. The zero-order valence-corrected chi connectivity index (χ0v) is 10.3. The van der Waals surface area contributed by atoms with Gasteiger partial charge in [-0.25, -0.2) is 4.79 Å². The number of amides is 2. The number of nitrogens with one attached hydrogen (secondary N) is 1.